The molecule has 0 aliphatic carbocycles. The third kappa shape index (κ3) is 2.95. The van der Waals surface area contributed by atoms with Crippen molar-refractivity contribution >= 4 is 5.97 Å². The quantitative estimate of drug-likeness (QED) is 0.774. The molecule has 0 amide bonds. The molecule has 0 aliphatic heterocycles. The Morgan fingerprint density at radius 2 is 1.75 bits per heavy atom. The molecule has 3 rings (SSSR count). The Bertz CT molecular complexity index is 893. The van der Waals surface area contributed by atoms with Crippen LogP contribution in [0, 0.1) is 13.8 Å². The summed E-state index contributed by atoms with van der Waals surface area (Å²) in [6.45, 7) is 6.20. The third-order valence-corrected chi connectivity index (χ3v) is 4.32. The van der Waals surface area contributed by atoms with Crippen LogP contribution >= 0.6 is 0 Å². The molecular formula is C20H20N2O2. The number of rotatable bonds is 4. The van der Waals surface area contributed by atoms with E-state index in [4.69, 9.17) is 0 Å². The van der Waals surface area contributed by atoms with Gasteiger partial charge in [-0.1, -0.05) is 37.3 Å². The molecule has 0 bridgehead atoms. The minimum absolute atomic E-state index is 0.0443. The van der Waals surface area contributed by atoms with Crippen molar-refractivity contribution in [2.75, 3.05) is 0 Å². The molecule has 1 N–H and O–H groups in total. The van der Waals surface area contributed by atoms with Gasteiger partial charge in [0.2, 0.25) is 0 Å². The van der Waals surface area contributed by atoms with Crippen molar-refractivity contribution in [2.24, 2.45) is 0 Å². The fourth-order valence-corrected chi connectivity index (χ4v) is 2.66. The molecule has 0 saturated carbocycles. The summed E-state index contributed by atoms with van der Waals surface area (Å²) in [6.07, 6.45) is 0.969. The van der Waals surface area contributed by atoms with E-state index >= 15 is 0 Å². The molecule has 4 heteroatoms. The zero-order valence-corrected chi connectivity index (χ0v) is 14.1. The molecule has 0 unspecified atom stereocenters. The highest BCUT2D eigenvalue weighted by molar-refractivity contribution is 5.87. The van der Waals surface area contributed by atoms with Gasteiger partial charge in [-0.15, -0.1) is 0 Å². The van der Waals surface area contributed by atoms with E-state index in [-0.39, 0.29) is 5.69 Å². The Hall–Kier alpha value is -2.88. The molecule has 24 heavy (non-hydrogen) atoms. The highest BCUT2D eigenvalue weighted by Crippen LogP contribution is 2.25. The smallest absolute Gasteiger partial charge is 0.356 e. The third-order valence-electron chi connectivity index (χ3n) is 4.32. The Morgan fingerprint density at radius 1 is 1.04 bits per heavy atom. The van der Waals surface area contributed by atoms with Crippen LogP contribution in [-0.4, -0.2) is 20.9 Å². The molecule has 1 aromatic heterocycles. The Kier molecular flexibility index (Phi) is 4.21. The van der Waals surface area contributed by atoms with Crippen LogP contribution in [0.3, 0.4) is 0 Å². The van der Waals surface area contributed by atoms with Crippen LogP contribution in [0.1, 0.15) is 34.1 Å². The molecule has 0 aliphatic rings. The van der Waals surface area contributed by atoms with E-state index in [2.05, 4.69) is 31.1 Å². The lowest BCUT2D eigenvalue weighted by molar-refractivity contribution is 0.0690. The predicted molar refractivity (Wildman–Crippen MR) is 94.8 cm³/mol. The molecular weight excluding hydrogens is 300 g/mol. The average Bonchev–Trinajstić information content (AvgIpc) is 3.03. The maximum absolute atomic E-state index is 11.4. The molecule has 122 valence electrons. The average molecular weight is 320 g/mol. The number of aryl methyl sites for hydroxylation is 3. The number of hydrogen-bond acceptors (Lipinski definition) is 2. The predicted octanol–water partition coefficient (Wildman–Crippen LogP) is 4.42. The van der Waals surface area contributed by atoms with Gasteiger partial charge in [0.1, 0.15) is 0 Å². The topological polar surface area (TPSA) is 55.1 Å². The van der Waals surface area contributed by atoms with Crippen molar-refractivity contribution < 1.29 is 9.90 Å². The molecule has 0 fully saturated rings. The van der Waals surface area contributed by atoms with Crippen LogP contribution in [-0.2, 0) is 6.42 Å². The lowest BCUT2D eigenvalue weighted by Crippen LogP contribution is -2.03. The number of aromatic carboxylic acids is 1. The Labute approximate surface area is 141 Å². The van der Waals surface area contributed by atoms with E-state index in [1.165, 1.54) is 11.1 Å². The molecule has 0 saturated heterocycles. The van der Waals surface area contributed by atoms with E-state index in [0.717, 1.165) is 28.9 Å². The summed E-state index contributed by atoms with van der Waals surface area (Å²) in [6, 6.07) is 15.8. The van der Waals surface area contributed by atoms with E-state index in [1.807, 2.05) is 37.3 Å². The SMILES string of the molecule is CCc1ccc(-c2cc(C(=O)O)nn2-c2ccc(C)c(C)c2)cc1. The van der Waals surface area contributed by atoms with Gasteiger partial charge in [0.05, 0.1) is 11.4 Å². The molecule has 4 nitrogen and oxygen atoms in total. The zero-order valence-electron chi connectivity index (χ0n) is 14.1. The van der Waals surface area contributed by atoms with Gasteiger partial charge in [-0.25, -0.2) is 9.48 Å². The minimum Gasteiger partial charge on any atom is -0.476 e. The number of carboxylic acid groups (broad SMARTS) is 1. The summed E-state index contributed by atoms with van der Waals surface area (Å²) >= 11 is 0. The first-order valence-electron chi connectivity index (χ1n) is 8.00. The first-order valence-corrected chi connectivity index (χ1v) is 8.00. The largest absolute Gasteiger partial charge is 0.476 e. The fraction of sp³-hybridized carbons (Fsp3) is 0.200. The molecule has 0 spiro atoms. The van der Waals surface area contributed by atoms with Gasteiger partial charge in [0, 0.05) is 5.56 Å². The van der Waals surface area contributed by atoms with Gasteiger partial charge in [0.25, 0.3) is 0 Å². The van der Waals surface area contributed by atoms with Gasteiger partial charge >= 0.3 is 5.97 Å². The summed E-state index contributed by atoms with van der Waals surface area (Å²) in [5, 5.41) is 13.6. The monoisotopic (exact) mass is 320 g/mol. The maximum Gasteiger partial charge on any atom is 0.356 e. The van der Waals surface area contributed by atoms with Gasteiger partial charge in [-0.05, 0) is 55.2 Å². The number of aromatic nitrogens is 2. The first-order chi connectivity index (χ1) is 11.5. The van der Waals surface area contributed by atoms with Crippen LogP contribution in [0.4, 0.5) is 0 Å². The van der Waals surface area contributed by atoms with Crippen molar-refractivity contribution in [1.29, 1.82) is 0 Å². The van der Waals surface area contributed by atoms with Gasteiger partial charge in [-0.3, -0.25) is 0 Å². The minimum atomic E-state index is -1.02. The van der Waals surface area contributed by atoms with Crippen molar-refractivity contribution in [3.05, 3.63) is 70.9 Å². The van der Waals surface area contributed by atoms with E-state index in [9.17, 15) is 9.90 Å². The van der Waals surface area contributed by atoms with E-state index in [0.29, 0.717) is 0 Å². The summed E-state index contributed by atoms with van der Waals surface area (Å²) in [7, 11) is 0. The standard InChI is InChI=1S/C20H20N2O2/c1-4-15-6-8-16(9-7-15)19-12-18(20(23)24)21-22(19)17-10-5-13(2)14(3)11-17/h5-12H,4H2,1-3H3,(H,23,24). The van der Waals surface area contributed by atoms with Crippen molar-refractivity contribution in [2.45, 2.75) is 27.2 Å². The summed E-state index contributed by atoms with van der Waals surface area (Å²) in [4.78, 5) is 11.4. The van der Waals surface area contributed by atoms with Crippen LogP contribution in [0.25, 0.3) is 16.9 Å². The van der Waals surface area contributed by atoms with E-state index < -0.39 is 5.97 Å². The van der Waals surface area contributed by atoms with Crippen LogP contribution in [0.5, 0.6) is 0 Å². The van der Waals surface area contributed by atoms with Crippen LogP contribution in [0.15, 0.2) is 48.5 Å². The Balaban J connectivity index is 2.16. The van der Waals surface area contributed by atoms with Gasteiger partial charge in [-0.2, -0.15) is 5.10 Å². The lowest BCUT2D eigenvalue weighted by Gasteiger charge is -2.10. The highest BCUT2D eigenvalue weighted by atomic mass is 16.4. The normalized spacial score (nSPS) is 10.8. The number of benzene rings is 2. The molecule has 1 heterocycles. The lowest BCUT2D eigenvalue weighted by atomic mass is 10.1. The van der Waals surface area contributed by atoms with Gasteiger partial charge in [0.15, 0.2) is 5.69 Å². The number of carbonyl (C=O) groups is 1. The van der Waals surface area contributed by atoms with Crippen molar-refractivity contribution in [3.8, 4) is 16.9 Å². The van der Waals surface area contributed by atoms with Gasteiger partial charge < -0.3 is 5.11 Å². The summed E-state index contributed by atoms with van der Waals surface area (Å²) in [5.41, 5.74) is 6.21. The second-order valence-electron chi connectivity index (χ2n) is 5.95. The summed E-state index contributed by atoms with van der Waals surface area (Å²) in [5.74, 6) is -1.02. The fourth-order valence-electron chi connectivity index (χ4n) is 2.66. The first kappa shape index (κ1) is 16.0. The molecule has 2 aromatic carbocycles. The van der Waals surface area contributed by atoms with Crippen molar-refractivity contribution in [3.63, 3.8) is 0 Å². The van der Waals surface area contributed by atoms with E-state index in [1.54, 1.807) is 10.7 Å². The summed E-state index contributed by atoms with van der Waals surface area (Å²) < 4.78 is 1.71. The van der Waals surface area contributed by atoms with Crippen LogP contribution in [0.2, 0.25) is 0 Å². The molecule has 0 radical (unpaired) electrons. The number of hydrogen-bond donors (Lipinski definition) is 1. The second-order valence-corrected chi connectivity index (χ2v) is 5.95. The van der Waals surface area contributed by atoms with Crippen LogP contribution < -0.4 is 0 Å². The second kappa shape index (κ2) is 6.32. The molecule has 3 aromatic rings. The Morgan fingerprint density at radius 3 is 2.33 bits per heavy atom. The number of carboxylic acids is 1. The van der Waals surface area contributed by atoms with Crippen molar-refractivity contribution in [1.82, 2.24) is 9.78 Å². The zero-order chi connectivity index (χ0) is 17.3. The highest BCUT2D eigenvalue weighted by Gasteiger charge is 2.16. The number of nitrogens with zero attached hydrogens (tertiary/aromatic N) is 2. The molecule has 0 atom stereocenters. The maximum atomic E-state index is 11.4.